The van der Waals surface area contributed by atoms with Crippen LogP contribution in [0.2, 0.25) is 0 Å². The lowest BCUT2D eigenvalue weighted by Crippen LogP contribution is -1.89. The lowest BCUT2D eigenvalue weighted by Gasteiger charge is -2.08. The number of unbranched alkanes of at least 4 members (excludes halogenated alkanes) is 1. The smallest absolute Gasteiger partial charge is 0.391 e. The number of phenolic OH excluding ortho intramolecular Hbond substituents is 1. The highest BCUT2D eigenvalue weighted by molar-refractivity contribution is 7.39. The summed E-state index contributed by atoms with van der Waals surface area (Å²) in [4.78, 5) is 17.4. The minimum Gasteiger partial charge on any atom is -0.508 e. The van der Waals surface area contributed by atoms with Gasteiger partial charge in [0.25, 0.3) is 0 Å². The maximum absolute atomic E-state index is 9.52. The largest absolute Gasteiger partial charge is 0.508 e. The van der Waals surface area contributed by atoms with E-state index in [1.165, 1.54) is 12.1 Å². The highest BCUT2D eigenvalue weighted by atomic mass is 31.2. The molecule has 0 aliphatic rings. The Bertz CT molecular complexity index is 314. The van der Waals surface area contributed by atoms with E-state index in [9.17, 15) is 5.11 Å². The monoisotopic (exact) mass is 230 g/mol. The van der Waals surface area contributed by atoms with Gasteiger partial charge in [-0.2, -0.15) is 0 Å². The summed E-state index contributed by atoms with van der Waals surface area (Å²) >= 11 is 0. The van der Waals surface area contributed by atoms with Gasteiger partial charge in [0.1, 0.15) is 11.5 Å². The Kier molecular flexibility index (Phi) is 4.82. The molecule has 1 rings (SSSR count). The van der Waals surface area contributed by atoms with E-state index >= 15 is 0 Å². The lowest BCUT2D eigenvalue weighted by atomic mass is 10.1. The van der Waals surface area contributed by atoms with E-state index in [0.717, 1.165) is 24.8 Å². The molecular weight excluding hydrogens is 215 g/mol. The molecule has 84 valence electrons. The fraction of sp³-hybridized carbons (Fsp3) is 0.400. The second kappa shape index (κ2) is 5.91. The summed E-state index contributed by atoms with van der Waals surface area (Å²) in [7, 11) is -2.39. The Labute approximate surface area is 90.1 Å². The van der Waals surface area contributed by atoms with Gasteiger partial charge < -0.3 is 19.4 Å². The van der Waals surface area contributed by atoms with E-state index < -0.39 is 8.60 Å². The predicted molar refractivity (Wildman–Crippen MR) is 58.7 cm³/mol. The van der Waals surface area contributed by atoms with E-state index in [2.05, 4.69) is 6.92 Å². The van der Waals surface area contributed by atoms with Crippen LogP contribution in [0.5, 0.6) is 11.5 Å². The minimum absolute atomic E-state index is 0.219. The van der Waals surface area contributed by atoms with Crippen LogP contribution in [0.15, 0.2) is 18.2 Å². The van der Waals surface area contributed by atoms with Crippen molar-refractivity contribution in [2.24, 2.45) is 0 Å². The van der Waals surface area contributed by atoms with Gasteiger partial charge in [-0.15, -0.1) is 0 Å². The molecule has 0 atom stereocenters. The van der Waals surface area contributed by atoms with Crippen molar-refractivity contribution in [1.29, 1.82) is 0 Å². The molecular formula is C10H15O4P. The van der Waals surface area contributed by atoms with Gasteiger partial charge in [0.15, 0.2) is 0 Å². The van der Waals surface area contributed by atoms with Crippen molar-refractivity contribution in [2.45, 2.75) is 26.2 Å². The molecule has 0 aromatic heterocycles. The number of rotatable bonds is 5. The molecule has 0 amide bonds. The molecule has 0 fully saturated rings. The van der Waals surface area contributed by atoms with Gasteiger partial charge in [0, 0.05) is 0 Å². The Balaban J connectivity index is 2.75. The first-order valence-corrected chi connectivity index (χ1v) is 5.97. The molecule has 0 saturated carbocycles. The molecule has 0 heterocycles. The molecule has 0 aliphatic heterocycles. The zero-order valence-corrected chi connectivity index (χ0v) is 9.44. The van der Waals surface area contributed by atoms with Crippen molar-refractivity contribution in [3.8, 4) is 11.5 Å². The Morgan fingerprint density at radius 2 is 2.07 bits per heavy atom. The molecule has 1 aromatic rings. The van der Waals surface area contributed by atoms with Crippen LogP contribution in [0.4, 0.5) is 0 Å². The Morgan fingerprint density at radius 3 is 2.67 bits per heavy atom. The standard InChI is InChI=1S/C10H15O4P/c1-2-3-4-8-7-9(14-15(12)13)5-6-10(8)11/h5-7,11-13H,2-4H2,1H3. The van der Waals surface area contributed by atoms with Crippen LogP contribution in [0.25, 0.3) is 0 Å². The number of benzene rings is 1. The molecule has 1 aromatic carbocycles. The van der Waals surface area contributed by atoms with Crippen LogP contribution >= 0.6 is 8.60 Å². The van der Waals surface area contributed by atoms with Crippen LogP contribution in [0, 0.1) is 0 Å². The molecule has 15 heavy (non-hydrogen) atoms. The second-order valence-electron chi connectivity index (χ2n) is 3.24. The third kappa shape index (κ3) is 4.04. The van der Waals surface area contributed by atoms with Crippen LogP contribution in [-0.2, 0) is 6.42 Å². The fourth-order valence-electron chi connectivity index (χ4n) is 1.28. The number of hydrogen-bond donors (Lipinski definition) is 3. The normalized spacial score (nSPS) is 10.7. The second-order valence-corrected chi connectivity index (χ2v) is 3.93. The van der Waals surface area contributed by atoms with E-state index in [-0.39, 0.29) is 5.75 Å². The topological polar surface area (TPSA) is 69.9 Å². The summed E-state index contributed by atoms with van der Waals surface area (Å²) in [6.45, 7) is 2.07. The number of aromatic hydroxyl groups is 1. The van der Waals surface area contributed by atoms with E-state index in [1.54, 1.807) is 6.07 Å². The first-order chi connectivity index (χ1) is 7.13. The summed E-state index contributed by atoms with van der Waals surface area (Å²) in [6, 6.07) is 4.64. The molecule has 4 nitrogen and oxygen atoms in total. The van der Waals surface area contributed by atoms with Gasteiger partial charge in [0.05, 0.1) is 0 Å². The van der Waals surface area contributed by atoms with Gasteiger partial charge in [-0.3, -0.25) is 0 Å². The van der Waals surface area contributed by atoms with Gasteiger partial charge >= 0.3 is 8.60 Å². The van der Waals surface area contributed by atoms with Crippen molar-refractivity contribution < 1.29 is 19.4 Å². The minimum atomic E-state index is -2.39. The van der Waals surface area contributed by atoms with Crippen molar-refractivity contribution in [1.82, 2.24) is 0 Å². The number of aryl methyl sites for hydroxylation is 1. The van der Waals surface area contributed by atoms with Gasteiger partial charge in [-0.05, 0) is 36.6 Å². The average molecular weight is 230 g/mol. The molecule has 0 bridgehead atoms. The van der Waals surface area contributed by atoms with Crippen molar-refractivity contribution in [3.63, 3.8) is 0 Å². The highest BCUT2D eigenvalue weighted by Gasteiger charge is 2.06. The SMILES string of the molecule is CCCCc1cc(OP(O)O)ccc1O. The fourth-order valence-corrected chi connectivity index (χ4v) is 1.58. The van der Waals surface area contributed by atoms with E-state index in [0.29, 0.717) is 5.75 Å². The third-order valence-electron chi connectivity index (χ3n) is 2.04. The average Bonchev–Trinajstić information content (AvgIpc) is 2.18. The predicted octanol–water partition coefficient (Wildman–Crippen LogP) is 2.33. The number of hydrogen-bond acceptors (Lipinski definition) is 4. The van der Waals surface area contributed by atoms with Crippen LogP contribution in [0.1, 0.15) is 25.3 Å². The van der Waals surface area contributed by atoms with Crippen LogP contribution in [0.3, 0.4) is 0 Å². The summed E-state index contributed by atoms with van der Waals surface area (Å²) in [5.74, 6) is 0.589. The first kappa shape index (κ1) is 12.2. The van der Waals surface area contributed by atoms with E-state index in [1.807, 2.05) is 0 Å². The van der Waals surface area contributed by atoms with E-state index in [4.69, 9.17) is 14.3 Å². The molecule has 0 unspecified atom stereocenters. The van der Waals surface area contributed by atoms with Crippen LogP contribution in [-0.4, -0.2) is 14.9 Å². The molecule has 0 radical (unpaired) electrons. The third-order valence-corrected chi connectivity index (χ3v) is 2.41. The Hall–Kier alpha value is -0.830. The van der Waals surface area contributed by atoms with Gasteiger partial charge in [-0.25, -0.2) is 0 Å². The maximum Gasteiger partial charge on any atom is 0.391 e. The Morgan fingerprint density at radius 1 is 1.33 bits per heavy atom. The highest BCUT2D eigenvalue weighted by Crippen LogP contribution is 2.32. The molecule has 3 N–H and O–H groups in total. The van der Waals surface area contributed by atoms with Crippen molar-refractivity contribution in [3.05, 3.63) is 23.8 Å². The molecule has 0 aliphatic carbocycles. The van der Waals surface area contributed by atoms with Gasteiger partial charge in [0.2, 0.25) is 0 Å². The zero-order valence-electron chi connectivity index (χ0n) is 8.55. The summed E-state index contributed by atoms with van der Waals surface area (Å²) < 4.78 is 4.75. The van der Waals surface area contributed by atoms with Crippen LogP contribution < -0.4 is 4.52 Å². The summed E-state index contributed by atoms with van der Waals surface area (Å²) in [5, 5.41) is 9.52. The first-order valence-electron chi connectivity index (χ1n) is 4.81. The zero-order chi connectivity index (χ0) is 11.3. The van der Waals surface area contributed by atoms with Crippen molar-refractivity contribution >= 4 is 8.60 Å². The molecule has 0 spiro atoms. The molecule has 5 heteroatoms. The molecule has 0 saturated heterocycles. The quantitative estimate of drug-likeness (QED) is 0.679. The van der Waals surface area contributed by atoms with Crippen molar-refractivity contribution in [2.75, 3.05) is 0 Å². The maximum atomic E-state index is 9.52. The lowest BCUT2D eigenvalue weighted by molar-refractivity contribution is 0.374. The van der Waals surface area contributed by atoms with Gasteiger partial charge in [-0.1, -0.05) is 13.3 Å². The number of phenols is 1. The summed E-state index contributed by atoms with van der Waals surface area (Å²) in [5.41, 5.74) is 0.770. The summed E-state index contributed by atoms with van der Waals surface area (Å²) in [6.07, 6.45) is 2.77.